The Morgan fingerprint density at radius 1 is 1.89 bits per heavy atom. The van der Waals surface area contributed by atoms with Crippen molar-refractivity contribution in [3.8, 4) is 0 Å². The second-order valence-electron chi connectivity index (χ2n) is 1.69. The average Bonchev–Trinajstić information content (AvgIpc) is 1.80. The molecule has 0 aromatic rings. The summed E-state index contributed by atoms with van der Waals surface area (Å²) in [5, 5.41) is 8.29. The van der Waals surface area contributed by atoms with E-state index in [1.54, 1.807) is 0 Å². The number of carboxylic acids is 1. The van der Waals surface area contributed by atoms with E-state index in [-0.39, 0.29) is 12.8 Å². The van der Waals surface area contributed by atoms with Gasteiger partial charge in [0.2, 0.25) is 0 Å². The van der Waals surface area contributed by atoms with Gasteiger partial charge in [0.15, 0.2) is 0 Å². The molecule has 5 N–H and O–H groups in total. The van der Waals surface area contributed by atoms with Crippen LogP contribution in [0.15, 0.2) is 0 Å². The van der Waals surface area contributed by atoms with Gasteiger partial charge in [-0.05, 0) is 19.3 Å². The predicted molar refractivity (Wildman–Crippen MR) is 33.9 cm³/mol. The lowest BCUT2D eigenvalue weighted by Gasteiger charge is -2.02. The van der Waals surface area contributed by atoms with Gasteiger partial charge in [-0.1, -0.05) is 0 Å². The minimum Gasteiger partial charge on any atom is -0.480 e. The van der Waals surface area contributed by atoms with Crippen molar-refractivity contribution in [2.75, 3.05) is 6.50 Å². The van der Waals surface area contributed by atoms with E-state index in [9.17, 15) is 4.79 Å². The van der Waals surface area contributed by atoms with Crippen LogP contribution in [0, 0.1) is 0 Å². The smallest absolute Gasteiger partial charge is 0.320 e. The summed E-state index contributed by atoms with van der Waals surface area (Å²) in [7, 11) is 0. The molecular weight excluding hydrogens is 121 g/mol. The summed E-state index contributed by atoms with van der Waals surface area (Å²) in [6.45, 7) is -1.83. The molecule has 0 aliphatic rings. The molecule has 0 spiro atoms. The molecule has 4 nitrogen and oxygen atoms in total. The molecule has 0 radical (unpaired) electrons. The van der Waals surface area contributed by atoms with Gasteiger partial charge >= 0.3 is 5.97 Å². The summed E-state index contributed by atoms with van der Waals surface area (Å²) in [6, 6.07) is -1.02. The highest BCUT2D eigenvalue weighted by Gasteiger charge is 2.08. The lowest BCUT2D eigenvalue weighted by atomic mass is 10.2. The van der Waals surface area contributed by atoms with E-state index in [1.165, 1.54) is 0 Å². The Labute approximate surface area is 56.6 Å². The third-order valence-corrected chi connectivity index (χ3v) is 0.917. The van der Waals surface area contributed by atoms with Crippen LogP contribution in [0.5, 0.6) is 0 Å². The molecule has 4 heteroatoms. The third-order valence-electron chi connectivity index (χ3n) is 0.917. The van der Waals surface area contributed by atoms with Crippen molar-refractivity contribution in [1.82, 2.24) is 0 Å². The molecule has 0 aromatic carbocycles. The molecule has 0 rings (SSSR count). The van der Waals surface area contributed by atoms with Gasteiger partial charge in [0, 0.05) is 2.74 Å². The SMILES string of the molecule is [2H][13C]([2H])(N)CC[C@H](N)C(=O)O. The fourth-order valence-electron chi connectivity index (χ4n) is 0.362. The Morgan fingerprint density at radius 2 is 2.44 bits per heavy atom. The zero-order valence-electron chi connectivity index (χ0n) is 7.00. The standard InChI is InChI=1S/C5H12N2O2/c6-3-1-2-4(7)5(8)9/h4H,1-3,6-7H2,(H,8,9)/t4-/m0/s1/i3+1D2. The van der Waals surface area contributed by atoms with Gasteiger partial charge in [-0.2, -0.15) is 0 Å². The molecule has 0 heterocycles. The first kappa shape index (κ1) is 5.20. The molecule has 0 saturated heterocycles. The Balaban J connectivity index is 3.63. The summed E-state index contributed by atoms with van der Waals surface area (Å²) in [4.78, 5) is 10.1. The van der Waals surface area contributed by atoms with E-state index in [0.717, 1.165) is 0 Å². The maximum atomic E-state index is 10.1. The van der Waals surface area contributed by atoms with Gasteiger partial charge in [-0.25, -0.2) is 0 Å². The number of carboxylic acid groups (broad SMARTS) is 1. The van der Waals surface area contributed by atoms with E-state index in [4.69, 9.17) is 19.3 Å². The summed E-state index contributed by atoms with van der Waals surface area (Å²) >= 11 is 0. The van der Waals surface area contributed by atoms with Crippen LogP contribution in [0.25, 0.3) is 0 Å². The number of nitrogens with two attached hydrogens (primary N) is 2. The van der Waals surface area contributed by atoms with Crippen LogP contribution in [-0.4, -0.2) is 23.6 Å². The van der Waals surface area contributed by atoms with E-state index < -0.39 is 18.5 Å². The van der Waals surface area contributed by atoms with Crippen molar-refractivity contribution in [3.05, 3.63) is 0 Å². The molecule has 0 fully saturated rings. The number of aliphatic carboxylic acids is 1. The topological polar surface area (TPSA) is 89.3 Å². The van der Waals surface area contributed by atoms with E-state index >= 15 is 0 Å². The molecule has 0 bridgehead atoms. The van der Waals surface area contributed by atoms with Crippen LogP contribution in [0.4, 0.5) is 0 Å². The van der Waals surface area contributed by atoms with Crippen molar-refractivity contribution in [1.29, 1.82) is 0 Å². The number of hydrogen-bond donors (Lipinski definition) is 3. The Bertz CT molecular complexity index is 146. The summed E-state index contributed by atoms with van der Waals surface area (Å²) < 4.78 is 13.7. The van der Waals surface area contributed by atoms with Crippen LogP contribution >= 0.6 is 0 Å². The van der Waals surface area contributed by atoms with Crippen LogP contribution in [-0.2, 0) is 4.79 Å². The minimum absolute atomic E-state index is 0.0412. The molecule has 9 heavy (non-hydrogen) atoms. The first-order chi connectivity index (χ1) is 4.83. The van der Waals surface area contributed by atoms with Crippen molar-refractivity contribution >= 4 is 5.97 Å². The molecule has 0 aromatic heterocycles. The third kappa shape index (κ3) is 3.93. The highest BCUT2D eigenvalue weighted by molar-refractivity contribution is 5.72. The highest BCUT2D eigenvalue weighted by atomic mass is 16.4. The monoisotopic (exact) mass is 135 g/mol. The van der Waals surface area contributed by atoms with Crippen LogP contribution < -0.4 is 11.5 Å². The molecule has 54 valence electrons. The van der Waals surface area contributed by atoms with Crippen LogP contribution in [0.3, 0.4) is 0 Å². The van der Waals surface area contributed by atoms with Crippen molar-refractivity contribution in [2.24, 2.45) is 11.5 Å². The van der Waals surface area contributed by atoms with Crippen molar-refractivity contribution < 1.29 is 12.6 Å². The van der Waals surface area contributed by atoms with Crippen LogP contribution in [0.1, 0.15) is 15.6 Å². The Kier molecular flexibility index (Phi) is 2.48. The zero-order chi connectivity index (χ0) is 9.07. The predicted octanol–water partition coefficient (Wildman–Crippen LogP) is -0.863. The Morgan fingerprint density at radius 3 is 2.78 bits per heavy atom. The number of hydrogen-bond acceptors (Lipinski definition) is 3. The van der Waals surface area contributed by atoms with Gasteiger partial charge in [-0.15, -0.1) is 0 Å². The first-order valence-corrected chi connectivity index (χ1v) is 2.60. The lowest BCUT2D eigenvalue weighted by molar-refractivity contribution is -0.138. The van der Waals surface area contributed by atoms with E-state index in [2.05, 4.69) is 0 Å². The summed E-state index contributed by atoms with van der Waals surface area (Å²) in [5.74, 6) is -1.13. The maximum Gasteiger partial charge on any atom is 0.320 e. The summed E-state index contributed by atoms with van der Waals surface area (Å²) in [5.41, 5.74) is 10.1. The second-order valence-corrected chi connectivity index (χ2v) is 1.69. The molecule has 0 aliphatic heterocycles. The van der Waals surface area contributed by atoms with Gasteiger partial charge < -0.3 is 16.6 Å². The molecule has 0 amide bonds. The quantitative estimate of drug-likeness (QED) is 0.437. The number of carbonyl (C=O) groups is 1. The normalized spacial score (nSPS) is 18.0. The Hall–Kier alpha value is -0.610. The molecule has 0 saturated carbocycles. The molecule has 0 aliphatic carbocycles. The molecule has 1 atom stereocenters. The van der Waals surface area contributed by atoms with E-state index in [0.29, 0.717) is 0 Å². The zero-order valence-corrected chi connectivity index (χ0v) is 5.00. The van der Waals surface area contributed by atoms with Crippen molar-refractivity contribution in [2.45, 2.75) is 18.9 Å². The molecule has 0 unspecified atom stereocenters. The average molecular weight is 135 g/mol. The van der Waals surface area contributed by atoms with Gasteiger partial charge in [0.1, 0.15) is 6.04 Å². The lowest BCUT2D eigenvalue weighted by Crippen LogP contribution is -2.30. The van der Waals surface area contributed by atoms with Gasteiger partial charge in [0.05, 0.1) is 0 Å². The largest absolute Gasteiger partial charge is 0.480 e. The fraction of sp³-hybridized carbons (Fsp3) is 0.800. The fourth-order valence-corrected chi connectivity index (χ4v) is 0.362. The molecular formula is C5H12N2O2. The highest BCUT2D eigenvalue weighted by Crippen LogP contribution is 1.91. The van der Waals surface area contributed by atoms with Crippen molar-refractivity contribution in [3.63, 3.8) is 0 Å². The van der Waals surface area contributed by atoms with Crippen LogP contribution in [0.2, 0.25) is 0 Å². The second kappa shape index (κ2) is 4.29. The minimum atomic E-state index is -1.83. The van der Waals surface area contributed by atoms with Gasteiger partial charge in [0.25, 0.3) is 0 Å². The maximum absolute atomic E-state index is 10.1. The van der Waals surface area contributed by atoms with E-state index in [1.807, 2.05) is 0 Å². The first-order valence-electron chi connectivity index (χ1n) is 3.60. The summed E-state index contributed by atoms with van der Waals surface area (Å²) in [6.07, 6.45) is 0.0132. The number of rotatable bonds is 4. The van der Waals surface area contributed by atoms with Gasteiger partial charge in [-0.3, -0.25) is 4.79 Å².